The molecule has 0 amide bonds. The third kappa shape index (κ3) is 3.22. The van der Waals surface area contributed by atoms with Crippen molar-refractivity contribution in [2.24, 2.45) is 0 Å². The van der Waals surface area contributed by atoms with Crippen LogP contribution in [0.25, 0.3) is 0 Å². The summed E-state index contributed by atoms with van der Waals surface area (Å²) < 4.78 is 101. The van der Waals surface area contributed by atoms with Crippen LogP contribution in [0.2, 0.25) is 0 Å². The molecule has 0 saturated carbocycles. The topological polar surface area (TPSA) is 46.1 Å². The molecule has 0 aromatic heterocycles. The van der Waals surface area contributed by atoms with Crippen molar-refractivity contribution in [1.29, 1.82) is 0 Å². The fourth-order valence-corrected chi connectivity index (χ4v) is 1.24. The Hall–Kier alpha value is 2.44. The number of hydrogen-bond donors (Lipinski definition) is 0. The normalized spacial score (nSPS) is 32.2. The van der Waals surface area contributed by atoms with Gasteiger partial charge in [0.25, 0.3) is 0 Å². The van der Waals surface area contributed by atoms with Gasteiger partial charge < -0.3 is 10.0 Å². The van der Waals surface area contributed by atoms with Gasteiger partial charge in [-0.3, -0.25) is 0 Å². The average Bonchev–Trinajstić information content (AvgIpc) is 2.22. The molecule has 0 heterocycles. The molecule has 0 aliphatic heterocycles. The van der Waals surface area contributed by atoms with E-state index in [1.54, 1.807) is 0 Å². The molecule has 0 aromatic carbocycles. The van der Waals surface area contributed by atoms with Gasteiger partial charge in [-0.15, -0.1) is 0 Å². The van der Waals surface area contributed by atoms with Crippen LogP contribution in [-0.2, 0) is 0 Å². The Kier molecular flexibility index (Phi) is 9.15. The van der Waals surface area contributed by atoms with Gasteiger partial charge in [0.15, 0.2) is 17.2 Å². The molecule has 1 aliphatic rings. The van der Waals surface area contributed by atoms with Gasteiger partial charge in [0, 0.05) is 0 Å². The van der Waals surface area contributed by atoms with Gasteiger partial charge in [-0.05, 0) is 7.12 Å². The molecule has 1 rings (SSSR count). The first-order valence-electron chi connectivity index (χ1n) is 3.88. The zero-order valence-electron chi connectivity index (χ0n) is 9.49. The van der Waals surface area contributed by atoms with E-state index >= 15 is 0 Å². The Morgan fingerprint density at radius 2 is 1.32 bits per heavy atom. The Labute approximate surface area is 187 Å². The van der Waals surface area contributed by atoms with Gasteiger partial charge in [0.2, 0.25) is 6.17 Å². The minimum absolute atomic E-state index is 0. The molecule has 0 aromatic rings. The van der Waals surface area contributed by atoms with Crippen molar-refractivity contribution < 1.29 is 148 Å². The Bertz CT molecular complexity index is 378. The van der Waals surface area contributed by atoms with Crippen LogP contribution >= 0.6 is 0 Å². The van der Waals surface area contributed by atoms with E-state index in [1.165, 1.54) is 0 Å². The van der Waals surface area contributed by atoms with Crippen LogP contribution in [0.3, 0.4) is 0 Å². The SMILES string of the molecule is [K+].[K+].[O-]B([O-])C1(F)C(F)=C(F)C(F)C(F)(F)C1(F)F. The number of rotatable bonds is 1. The van der Waals surface area contributed by atoms with Crippen LogP contribution in [0.1, 0.15) is 0 Å². The molecule has 1 aliphatic carbocycles. The monoisotopic (exact) mass is 346 g/mol. The third-order valence-corrected chi connectivity index (χ3v) is 2.27. The van der Waals surface area contributed by atoms with E-state index in [0.717, 1.165) is 0 Å². The molecule has 2 atom stereocenters. The summed E-state index contributed by atoms with van der Waals surface area (Å²) in [6.45, 7) is 0. The first kappa shape index (κ1) is 23.7. The van der Waals surface area contributed by atoms with Gasteiger partial charge in [-0.25, -0.2) is 17.6 Å². The molecule has 13 heteroatoms. The number of halogens is 8. The molecule has 0 bridgehead atoms. The van der Waals surface area contributed by atoms with Crippen molar-refractivity contribution in [3.63, 3.8) is 0 Å². The van der Waals surface area contributed by atoms with Crippen LogP contribution in [-0.4, -0.2) is 30.7 Å². The van der Waals surface area contributed by atoms with E-state index in [2.05, 4.69) is 0 Å². The maximum absolute atomic E-state index is 13.1. The zero-order chi connectivity index (χ0) is 13.8. The average molecular weight is 346 g/mol. The summed E-state index contributed by atoms with van der Waals surface area (Å²) in [6.07, 6.45) is -4.47. The summed E-state index contributed by atoms with van der Waals surface area (Å²) in [7, 11) is -4.50. The molecule has 98 valence electrons. The third-order valence-electron chi connectivity index (χ3n) is 2.27. The van der Waals surface area contributed by atoms with Crippen molar-refractivity contribution >= 4 is 7.12 Å². The predicted octanol–water partition coefficient (Wildman–Crippen LogP) is -5.78. The number of allylic oxidation sites excluding steroid dienone is 2. The van der Waals surface area contributed by atoms with Crippen molar-refractivity contribution in [3.05, 3.63) is 11.7 Å². The van der Waals surface area contributed by atoms with Gasteiger partial charge in [0.05, 0.1) is 0 Å². The molecule has 0 saturated heterocycles. The van der Waals surface area contributed by atoms with Crippen LogP contribution in [0.15, 0.2) is 11.7 Å². The molecule has 0 spiro atoms. The Morgan fingerprint density at radius 3 is 1.63 bits per heavy atom. The van der Waals surface area contributed by atoms with Gasteiger partial charge in [-0.1, -0.05) is 0 Å². The molecule has 19 heavy (non-hydrogen) atoms. The number of alkyl halides is 6. The summed E-state index contributed by atoms with van der Waals surface area (Å²) in [6, 6.07) is 0. The van der Waals surface area contributed by atoms with Crippen LogP contribution in [0.4, 0.5) is 35.1 Å². The van der Waals surface area contributed by atoms with E-state index in [1.807, 2.05) is 0 Å². The van der Waals surface area contributed by atoms with Crippen molar-refractivity contribution in [3.8, 4) is 0 Å². The molecule has 2 nitrogen and oxygen atoms in total. The smallest absolute Gasteiger partial charge is 0.890 e. The zero-order valence-corrected chi connectivity index (χ0v) is 15.7. The molecule has 0 fully saturated rings. The van der Waals surface area contributed by atoms with E-state index < -0.39 is 42.4 Å². The standard InChI is InChI=1S/C6HBF8O2.2K/c8-1-2(9)4(11,7(16)17)6(14,15)5(12,13)3(1)10;;/h3H;;/q-2;2*+1. The van der Waals surface area contributed by atoms with Crippen molar-refractivity contribution in [1.82, 2.24) is 0 Å². The molecular weight excluding hydrogens is 345 g/mol. The van der Waals surface area contributed by atoms with E-state index in [9.17, 15) is 45.2 Å². The first-order chi connectivity index (χ1) is 7.42. The van der Waals surface area contributed by atoms with E-state index in [-0.39, 0.29) is 103 Å². The van der Waals surface area contributed by atoms with Gasteiger partial charge >= 0.3 is 115 Å². The second-order valence-corrected chi connectivity index (χ2v) is 3.27. The van der Waals surface area contributed by atoms with Gasteiger partial charge in [-0.2, -0.15) is 17.6 Å². The van der Waals surface area contributed by atoms with Crippen LogP contribution in [0, 0.1) is 0 Å². The minimum Gasteiger partial charge on any atom is -0.890 e. The molecule has 2 unspecified atom stereocenters. The summed E-state index contributed by atoms with van der Waals surface area (Å²) in [4.78, 5) is 0. The largest absolute Gasteiger partial charge is 1.00 e. The molecule has 0 N–H and O–H groups in total. The maximum atomic E-state index is 13.1. The Morgan fingerprint density at radius 1 is 0.947 bits per heavy atom. The quantitative estimate of drug-likeness (QED) is 0.351. The second-order valence-electron chi connectivity index (χ2n) is 3.27. The van der Waals surface area contributed by atoms with E-state index in [0.29, 0.717) is 0 Å². The predicted molar refractivity (Wildman–Crippen MR) is 33.6 cm³/mol. The van der Waals surface area contributed by atoms with Crippen LogP contribution in [0.5, 0.6) is 0 Å². The minimum atomic E-state index is -6.30. The van der Waals surface area contributed by atoms with Crippen molar-refractivity contribution in [2.45, 2.75) is 23.6 Å². The fourth-order valence-electron chi connectivity index (χ4n) is 1.24. The maximum Gasteiger partial charge on any atom is 1.00 e. The van der Waals surface area contributed by atoms with E-state index in [4.69, 9.17) is 0 Å². The fraction of sp³-hybridized carbons (Fsp3) is 0.667. The van der Waals surface area contributed by atoms with Crippen LogP contribution < -0.4 is 113 Å². The van der Waals surface area contributed by atoms with Gasteiger partial charge in [0.1, 0.15) is 0 Å². The Balaban J connectivity index is 0. The number of hydrogen-bond acceptors (Lipinski definition) is 2. The second kappa shape index (κ2) is 7.34. The first-order valence-corrected chi connectivity index (χ1v) is 3.88. The summed E-state index contributed by atoms with van der Waals surface area (Å²) in [5.41, 5.74) is -5.68. The summed E-state index contributed by atoms with van der Waals surface area (Å²) in [5, 5.41) is 20.1. The summed E-state index contributed by atoms with van der Waals surface area (Å²) in [5.74, 6) is -19.0. The molecular formula is C6HBF8K2O2. The summed E-state index contributed by atoms with van der Waals surface area (Å²) >= 11 is 0. The molecule has 0 radical (unpaired) electrons. The van der Waals surface area contributed by atoms with Crippen molar-refractivity contribution in [2.75, 3.05) is 0 Å².